The van der Waals surface area contributed by atoms with Crippen molar-refractivity contribution in [1.82, 2.24) is 4.98 Å². The van der Waals surface area contributed by atoms with E-state index >= 15 is 0 Å². The van der Waals surface area contributed by atoms with Crippen molar-refractivity contribution in [3.63, 3.8) is 0 Å². The molecule has 3 nitrogen and oxygen atoms in total. The number of anilines is 1. The maximum absolute atomic E-state index is 12.4. The lowest BCUT2D eigenvalue weighted by Crippen LogP contribution is -2.19. The Morgan fingerprint density at radius 3 is 2.38 bits per heavy atom. The van der Waals surface area contributed by atoms with Gasteiger partial charge in [-0.05, 0) is 28.7 Å². The number of rotatable bonds is 2. The second-order valence-electron chi connectivity index (χ2n) is 2.60. The monoisotopic (exact) mass is 354 g/mol. The van der Waals surface area contributed by atoms with Gasteiger partial charge in [-0.15, -0.1) is 13.2 Å². The van der Waals surface area contributed by atoms with Crippen molar-refractivity contribution in [2.75, 3.05) is 5.73 Å². The fourth-order valence-corrected chi connectivity index (χ4v) is 1.30. The van der Waals surface area contributed by atoms with Crippen molar-refractivity contribution in [1.29, 1.82) is 0 Å². The Labute approximate surface area is 99.9 Å². The molecule has 0 saturated carbocycles. The van der Waals surface area contributed by atoms with Crippen molar-refractivity contribution in [2.24, 2.45) is 0 Å². The maximum Gasteiger partial charge on any atom is 0.574 e. The highest BCUT2D eigenvalue weighted by Crippen LogP contribution is 2.33. The van der Waals surface area contributed by atoms with E-state index in [4.69, 9.17) is 5.73 Å². The number of hydrogen-bond acceptors (Lipinski definition) is 3. The number of ether oxygens (including phenoxy) is 1. The summed E-state index contributed by atoms with van der Waals surface area (Å²) >= 11 is 1.58. The van der Waals surface area contributed by atoms with Crippen molar-refractivity contribution in [2.45, 2.75) is 12.8 Å². The second-order valence-corrected chi connectivity index (χ2v) is 3.76. The van der Waals surface area contributed by atoms with Crippen LogP contribution in [-0.2, 0) is 0 Å². The first-order chi connectivity index (χ1) is 7.20. The average Bonchev–Trinajstić information content (AvgIpc) is 2.07. The van der Waals surface area contributed by atoms with Gasteiger partial charge in [0.25, 0.3) is 6.43 Å². The van der Waals surface area contributed by atoms with Crippen LogP contribution in [0.1, 0.15) is 12.0 Å². The third-order valence-electron chi connectivity index (χ3n) is 1.44. The van der Waals surface area contributed by atoms with Gasteiger partial charge in [-0.2, -0.15) is 4.98 Å². The Kier molecular flexibility index (Phi) is 3.76. The van der Waals surface area contributed by atoms with Crippen LogP contribution in [0.4, 0.5) is 27.8 Å². The molecule has 0 aromatic carbocycles. The van der Waals surface area contributed by atoms with E-state index in [9.17, 15) is 22.0 Å². The number of nitrogens with two attached hydrogens (primary N) is 1. The van der Waals surface area contributed by atoms with Gasteiger partial charge < -0.3 is 10.5 Å². The largest absolute Gasteiger partial charge is 0.574 e. The molecule has 1 aromatic rings. The molecule has 0 aliphatic carbocycles. The van der Waals surface area contributed by atoms with E-state index in [1.807, 2.05) is 0 Å². The second kappa shape index (κ2) is 4.55. The molecule has 1 rings (SSSR count). The number of aromatic nitrogens is 1. The summed E-state index contributed by atoms with van der Waals surface area (Å²) in [6, 6.07) is 0.800. The minimum Gasteiger partial charge on any atom is -0.387 e. The summed E-state index contributed by atoms with van der Waals surface area (Å²) in [4.78, 5) is 3.13. The van der Waals surface area contributed by atoms with Gasteiger partial charge in [0.15, 0.2) is 0 Å². The Morgan fingerprint density at radius 1 is 1.38 bits per heavy atom. The molecule has 0 aliphatic heterocycles. The van der Waals surface area contributed by atoms with Crippen LogP contribution in [0.2, 0.25) is 0 Å². The summed E-state index contributed by atoms with van der Waals surface area (Å²) in [6.45, 7) is 0. The molecule has 90 valence electrons. The van der Waals surface area contributed by atoms with Crippen molar-refractivity contribution in [3.8, 4) is 5.88 Å². The highest BCUT2D eigenvalue weighted by atomic mass is 127. The first-order valence-corrected chi connectivity index (χ1v) is 4.78. The lowest BCUT2D eigenvalue weighted by molar-refractivity contribution is -0.276. The number of alkyl halides is 5. The van der Waals surface area contributed by atoms with Crippen molar-refractivity contribution >= 4 is 28.4 Å². The molecule has 0 atom stereocenters. The molecular formula is C7H4F5IN2O. The summed E-state index contributed by atoms with van der Waals surface area (Å²) in [6.07, 6.45) is -8.21. The summed E-state index contributed by atoms with van der Waals surface area (Å²) in [5.41, 5.74) is 4.25. The summed E-state index contributed by atoms with van der Waals surface area (Å²) in [5.74, 6) is -1.52. The molecule has 0 spiro atoms. The quantitative estimate of drug-likeness (QED) is 0.656. The van der Waals surface area contributed by atoms with Gasteiger partial charge in [0.1, 0.15) is 5.82 Å². The molecule has 0 aliphatic rings. The topological polar surface area (TPSA) is 48.1 Å². The smallest absolute Gasteiger partial charge is 0.387 e. The predicted octanol–water partition coefficient (Wildman–Crippen LogP) is 3.10. The molecule has 9 heteroatoms. The molecule has 0 fully saturated rings. The number of halogens is 6. The molecule has 1 aromatic heterocycles. The van der Waals surface area contributed by atoms with E-state index in [0.717, 1.165) is 6.07 Å². The van der Waals surface area contributed by atoms with Crippen molar-refractivity contribution in [3.05, 3.63) is 15.2 Å². The Bertz CT molecular complexity index is 395. The third-order valence-corrected chi connectivity index (χ3v) is 2.31. The number of nitrogens with zero attached hydrogens (tertiary/aromatic N) is 1. The van der Waals surface area contributed by atoms with E-state index < -0.39 is 24.2 Å². The van der Waals surface area contributed by atoms with E-state index in [2.05, 4.69) is 9.72 Å². The predicted molar refractivity (Wildman–Crippen MR) is 53.0 cm³/mol. The molecule has 0 unspecified atom stereocenters. The molecule has 16 heavy (non-hydrogen) atoms. The molecule has 1 heterocycles. The van der Waals surface area contributed by atoms with Crippen LogP contribution >= 0.6 is 22.6 Å². The van der Waals surface area contributed by atoms with E-state index in [1.54, 1.807) is 22.6 Å². The van der Waals surface area contributed by atoms with Crippen LogP contribution < -0.4 is 10.5 Å². The van der Waals surface area contributed by atoms with Gasteiger partial charge in [0.2, 0.25) is 5.88 Å². The lowest BCUT2D eigenvalue weighted by Gasteiger charge is -2.12. The lowest BCUT2D eigenvalue weighted by atomic mass is 10.3. The SMILES string of the molecule is Nc1nc(OC(F)(F)F)c(C(F)F)cc1I. The number of pyridine rings is 1. The summed E-state index contributed by atoms with van der Waals surface area (Å²) < 4.78 is 63.9. The Hall–Kier alpha value is -0.870. The highest BCUT2D eigenvalue weighted by molar-refractivity contribution is 14.1. The average molecular weight is 354 g/mol. The molecular weight excluding hydrogens is 350 g/mol. The van der Waals surface area contributed by atoms with E-state index in [1.165, 1.54) is 0 Å². The van der Waals surface area contributed by atoms with Gasteiger partial charge in [0.05, 0.1) is 9.13 Å². The molecule has 0 bridgehead atoms. The molecule has 0 amide bonds. The number of hydrogen-bond donors (Lipinski definition) is 1. The standard InChI is InChI=1S/C7H4F5IN2O/c8-4(9)2-1-3(13)5(14)15-6(2)16-7(10,11)12/h1,4H,(H2,14,15). The minimum absolute atomic E-state index is 0.127. The van der Waals surface area contributed by atoms with Gasteiger partial charge in [-0.3, -0.25) is 0 Å². The maximum atomic E-state index is 12.4. The van der Waals surface area contributed by atoms with E-state index in [0.29, 0.717) is 0 Å². The third kappa shape index (κ3) is 3.32. The van der Waals surface area contributed by atoms with E-state index in [-0.39, 0.29) is 9.39 Å². The fourth-order valence-electron chi connectivity index (χ4n) is 0.847. The first-order valence-electron chi connectivity index (χ1n) is 3.70. The molecule has 0 saturated heterocycles. The molecule has 2 N–H and O–H groups in total. The van der Waals surface area contributed by atoms with Gasteiger partial charge >= 0.3 is 6.36 Å². The molecule has 0 radical (unpaired) electrons. The van der Waals surface area contributed by atoms with Gasteiger partial charge in [-0.1, -0.05) is 0 Å². The van der Waals surface area contributed by atoms with Crippen LogP contribution in [0, 0.1) is 3.57 Å². The van der Waals surface area contributed by atoms with Crippen LogP contribution in [0.25, 0.3) is 0 Å². The fraction of sp³-hybridized carbons (Fsp3) is 0.286. The van der Waals surface area contributed by atoms with Crippen LogP contribution in [-0.4, -0.2) is 11.3 Å². The number of nitrogen functional groups attached to an aromatic ring is 1. The zero-order valence-electron chi connectivity index (χ0n) is 7.36. The highest BCUT2D eigenvalue weighted by Gasteiger charge is 2.34. The minimum atomic E-state index is -5.09. The first kappa shape index (κ1) is 13.2. The normalized spacial score (nSPS) is 11.9. The van der Waals surface area contributed by atoms with Crippen LogP contribution in [0.15, 0.2) is 6.07 Å². The van der Waals surface area contributed by atoms with Crippen LogP contribution in [0.5, 0.6) is 5.88 Å². The zero-order chi connectivity index (χ0) is 12.5. The summed E-state index contributed by atoms with van der Waals surface area (Å²) in [7, 11) is 0. The van der Waals surface area contributed by atoms with Gasteiger partial charge in [-0.25, -0.2) is 8.78 Å². The van der Waals surface area contributed by atoms with Gasteiger partial charge in [0, 0.05) is 0 Å². The Balaban J connectivity index is 3.20. The van der Waals surface area contributed by atoms with Crippen molar-refractivity contribution < 1.29 is 26.7 Å². The summed E-state index contributed by atoms with van der Waals surface area (Å²) in [5, 5.41) is 0. The van der Waals surface area contributed by atoms with Crippen LogP contribution in [0.3, 0.4) is 0 Å². The zero-order valence-corrected chi connectivity index (χ0v) is 9.51. The Morgan fingerprint density at radius 2 is 1.94 bits per heavy atom.